The van der Waals surface area contributed by atoms with E-state index in [0.29, 0.717) is 17.1 Å². The van der Waals surface area contributed by atoms with Gasteiger partial charge in [-0.25, -0.2) is 0 Å². The molecule has 4 rings (SSSR count). The highest BCUT2D eigenvalue weighted by atomic mass is 16.6. The maximum Gasteiger partial charge on any atom is 0.269 e. The number of hydrogen-bond acceptors (Lipinski definition) is 4. The number of nitrogens with zero attached hydrogens (tertiary/aromatic N) is 2. The Morgan fingerprint density at radius 1 is 0.871 bits per heavy atom. The van der Waals surface area contributed by atoms with E-state index in [1.54, 1.807) is 38.4 Å². The van der Waals surface area contributed by atoms with Crippen LogP contribution >= 0.6 is 0 Å². The number of benzene rings is 4. The first kappa shape index (κ1) is 20.1. The average Bonchev–Trinajstić information content (AvgIpc) is 2.79. The van der Waals surface area contributed by atoms with Crippen molar-refractivity contribution in [3.8, 4) is 22.6 Å². The van der Waals surface area contributed by atoms with Crippen LogP contribution in [0.2, 0.25) is 0 Å². The fourth-order valence-electron chi connectivity index (χ4n) is 3.38. The lowest BCUT2D eigenvalue weighted by Gasteiger charge is -2.15. The predicted molar refractivity (Wildman–Crippen MR) is 121 cm³/mol. The normalized spacial score (nSPS) is 10.6. The maximum atomic E-state index is 12.2. The molecule has 0 atom stereocenters. The quantitative estimate of drug-likeness (QED) is 0.302. The van der Waals surface area contributed by atoms with Gasteiger partial charge >= 0.3 is 0 Å². The van der Waals surface area contributed by atoms with Crippen LogP contribution in [0, 0.1) is 10.1 Å². The molecule has 0 unspecified atom stereocenters. The number of hydrogen-bond donors (Lipinski definition) is 0. The summed E-state index contributed by atoms with van der Waals surface area (Å²) >= 11 is 0. The van der Waals surface area contributed by atoms with Gasteiger partial charge in [-0.2, -0.15) is 0 Å². The van der Waals surface area contributed by atoms with Gasteiger partial charge in [0, 0.05) is 42.7 Å². The van der Waals surface area contributed by atoms with Crippen LogP contribution in [0.25, 0.3) is 21.9 Å². The van der Waals surface area contributed by atoms with E-state index in [1.807, 2.05) is 48.5 Å². The van der Waals surface area contributed by atoms with Gasteiger partial charge in [-0.1, -0.05) is 42.5 Å². The highest BCUT2D eigenvalue weighted by Gasteiger charge is 2.14. The monoisotopic (exact) mass is 412 g/mol. The van der Waals surface area contributed by atoms with Crippen molar-refractivity contribution >= 4 is 22.4 Å². The summed E-state index contributed by atoms with van der Waals surface area (Å²) in [6.07, 6.45) is 0. The second kappa shape index (κ2) is 8.28. The standard InChI is InChI=1S/C25H20N2O4/c1-26(2)25(28)19-9-7-18(8-10-19)23-16-11-17-5-3-4-6-22(17)24(23)31-21-14-12-20(13-15-21)27(29)30/h3-16H,1-2H3. The summed E-state index contributed by atoms with van der Waals surface area (Å²) in [5.74, 6) is 1.09. The molecule has 0 fully saturated rings. The number of carbonyl (C=O) groups is 1. The van der Waals surface area contributed by atoms with Crippen molar-refractivity contribution in [3.05, 3.63) is 101 Å². The van der Waals surface area contributed by atoms with E-state index in [1.165, 1.54) is 17.0 Å². The molecule has 154 valence electrons. The van der Waals surface area contributed by atoms with Crippen LogP contribution < -0.4 is 4.74 Å². The molecule has 4 aromatic carbocycles. The maximum absolute atomic E-state index is 12.2. The molecule has 0 aromatic heterocycles. The topological polar surface area (TPSA) is 72.7 Å². The fraction of sp³-hybridized carbons (Fsp3) is 0.0800. The summed E-state index contributed by atoms with van der Waals surface area (Å²) in [4.78, 5) is 24.2. The van der Waals surface area contributed by atoms with Gasteiger partial charge in [-0.15, -0.1) is 0 Å². The van der Waals surface area contributed by atoms with E-state index in [2.05, 4.69) is 0 Å². The van der Waals surface area contributed by atoms with Crippen molar-refractivity contribution in [2.75, 3.05) is 14.1 Å². The van der Waals surface area contributed by atoms with Crippen molar-refractivity contribution in [3.63, 3.8) is 0 Å². The van der Waals surface area contributed by atoms with Gasteiger partial charge in [0.05, 0.1) is 4.92 Å². The van der Waals surface area contributed by atoms with E-state index < -0.39 is 4.92 Å². The van der Waals surface area contributed by atoms with Gasteiger partial charge in [0.2, 0.25) is 0 Å². The van der Waals surface area contributed by atoms with E-state index in [9.17, 15) is 14.9 Å². The van der Waals surface area contributed by atoms with Crippen LogP contribution in [0.5, 0.6) is 11.5 Å². The minimum atomic E-state index is -0.441. The number of ether oxygens (including phenoxy) is 1. The number of rotatable bonds is 5. The third-order valence-corrected chi connectivity index (χ3v) is 5.00. The summed E-state index contributed by atoms with van der Waals surface area (Å²) in [5.41, 5.74) is 2.37. The molecule has 0 saturated heterocycles. The minimum absolute atomic E-state index is 0.00615. The third kappa shape index (κ3) is 4.09. The van der Waals surface area contributed by atoms with E-state index in [0.717, 1.165) is 21.9 Å². The van der Waals surface area contributed by atoms with Crippen molar-refractivity contribution in [1.29, 1.82) is 0 Å². The minimum Gasteiger partial charge on any atom is -0.456 e. The number of amides is 1. The molecular weight excluding hydrogens is 392 g/mol. The molecule has 31 heavy (non-hydrogen) atoms. The average molecular weight is 412 g/mol. The van der Waals surface area contributed by atoms with Crippen LogP contribution in [0.3, 0.4) is 0 Å². The Hall–Kier alpha value is -4.19. The van der Waals surface area contributed by atoms with Crippen LogP contribution in [-0.4, -0.2) is 29.8 Å². The molecule has 1 amide bonds. The zero-order valence-corrected chi connectivity index (χ0v) is 17.1. The Labute approximate surface area is 179 Å². The van der Waals surface area contributed by atoms with Crippen molar-refractivity contribution in [2.24, 2.45) is 0 Å². The lowest BCUT2D eigenvalue weighted by molar-refractivity contribution is -0.384. The SMILES string of the molecule is CN(C)C(=O)c1ccc(-c2ccc3ccccc3c2Oc2ccc([N+](=O)[O-])cc2)cc1. The summed E-state index contributed by atoms with van der Waals surface area (Å²) in [7, 11) is 3.44. The van der Waals surface area contributed by atoms with Crippen LogP contribution in [0.15, 0.2) is 84.9 Å². The molecule has 6 nitrogen and oxygen atoms in total. The summed E-state index contributed by atoms with van der Waals surface area (Å²) in [6, 6.07) is 25.3. The Morgan fingerprint density at radius 2 is 1.55 bits per heavy atom. The predicted octanol–water partition coefficient (Wildman–Crippen LogP) is 5.91. The summed E-state index contributed by atoms with van der Waals surface area (Å²) in [5, 5.41) is 12.9. The number of carbonyl (C=O) groups excluding carboxylic acids is 1. The van der Waals surface area contributed by atoms with Gasteiger partial charge in [0.25, 0.3) is 11.6 Å². The molecule has 6 heteroatoms. The van der Waals surface area contributed by atoms with Crippen molar-refractivity contribution < 1.29 is 14.5 Å². The highest BCUT2D eigenvalue weighted by Crippen LogP contribution is 2.40. The lowest BCUT2D eigenvalue weighted by atomic mass is 9.98. The molecule has 0 N–H and O–H groups in total. The number of nitro benzene ring substituents is 1. The van der Waals surface area contributed by atoms with Crippen molar-refractivity contribution in [2.45, 2.75) is 0 Å². The lowest BCUT2D eigenvalue weighted by Crippen LogP contribution is -2.21. The van der Waals surface area contributed by atoms with Crippen molar-refractivity contribution in [1.82, 2.24) is 4.90 Å². The Morgan fingerprint density at radius 3 is 2.19 bits per heavy atom. The zero-order chi connectivity index (χ0) is 22.0. The highest BCUT2D eigenvalue weighted by molar-refractivity contribution is 5.97. The number of non-ortho nitro benzene ring substituents is 1. The number of fused-ring (bicyclic) bond motifs is 1. The van der Waals surface area contributed by atoms with Crippen LogP contribution in [-0.2, 0) is 0 Å². The smallest absolute Gasteiger partial charge is 0.269 e. The van der Waals surface area contributed by atoms with Crippen LogP contribution in [0.4, 0.5) is 5.69 Å². The third-order valence-electron chi connectivity index (χ3n) is 5.00. The Balaban J connectivity index is 1.79. The molecule has 0 aliphatic heterocycles. The molecular formula is C25H20N2O4. The molecule has 0 aliphatic carbocycles. The van der Waals surface area contributed by atoms with Gasteiger partial charge in [0.15, 0.2) is 0 Å². The Kier molecular flexibility index (Phi) is 5.37. The van der Waals surface area contributed by atoms with E-state index in [-0.39, 0.29) is 11.6 Å². The number of nitro groups is 1. The van der Waals surface area contributed by atoms with E-state index >= 15 is 0 Å². The van der Waals surface area contributed by atoms with Gasteiger partial charge in [-0.3, -0.25) is 14.9 Å². The second-order valence-corrected chi connectivity index (χ2v) is 7.29. The zero-order valence-electron chi connectivity index (χ0n) is 17.1. The first-order chi connectivity index (χ1) is 14.9. The van der Waals surface area contributed by atoms with Gasteiger partial charge in [0.1, 0.15) is 11.5 Å². The van der Waals surface area contributed by atoms with Gasteiger partial charge in [-0.05, 0) is 41.3 Å². The van der Waals surface area contributed by atoms with Crippen LogP contribution in [0.1, 0.15) is 10.4 Å². The molecule has 4 aromatic rings. The van der Waals surface area contributed by atoms with E-state index in [4.69, 9.17) is 4.74 Å². The first-order valence-electron chi connectivity index (χ1n) is 9.70. The molecule has 0 bridgehead atoms. The molecule has 0 spiro atoms. The molecule has 0 radical (unpaired) electrons. The Bertz CT molecular complexity index is 1260. The first-order valence-corrected chi connectivity index (χ1v) is 9.70. The fourth-order valence-corrected chi connectivity index (χ4v) is 3.38. The summed E-state index contributed by atoms with van der Waals surface area (Å²) < 4.78 is 6.23. The largest absolute Gasteiger partial charge is 0.456 e. The second-order valence-electron chi connectivity index (χ2n) is 7.29. The molecule has 0 aliphatic rings. The molecule has 0 heterocycles. The van der Waals surface area contributed by atoms with Gasteiger partial charge < -0.3 is 9.64 Å². The molecule has 0 saturated carbocycles. The summed E-state index contributed by atoms with van der Waals surface area (Å²) in [6.45, 7) is 0.